The Balaban J connectivity index is 2.19. The van der Waals surface area contributed by atoms with E-state index in [4.69, 9.17) is 10.9 Å². The maximum Gasteiger partial charge on any atom is 0.144 e. The standard InChI is InChI=1S/C15H31N3O/c1-12(2)13-7-10-18(11-13)9-6-5-8-15(3,4)14(16)17-19/h12-13,19H,5-11H2,1-4H3,(H2,16,17). The van der Waals surface area contributed by atoms with Crippen LogP contribution in [-0.4, -0.2) is 35.6 Å². The monoisotopic (exact) mass is 269 g/mol. The Bertz CT molecular complexity index is 300. The van der Waals surface area contributed by atoms with Crippen molar-refractivity contribution in [3.63, 3.8) is 0 Å². The second kappa shape index (κ2) is 7.13. The zero-order chi connectivity index (χ0) is 14.5. The molecule has 1 fully saturated rings. The molecule has 0 bridgehead atoms. The SMILES string of the molecule is CC(C)C1CCN(CCCCC(C)(C)C(N)=NO)C1. The molecule has 0 aliphatic carbocycles. The summed E-state index contributed by atoms with van der Waals surface area (Å²) in [7, 11) is 0. The fraction of sp³-hybridized carbons (Fsp3) is 0.933. The Morgan fingerprint density at radius 3 is 2.63 bits per heavy atom. The molecule has 1 atom stereocenters. The summed E-state index contributed by atoms with van der Waals surface area (Å²) in [5.74, 6) is 2.03. The second-order valence-corrected chi connectivity index (χ2v) is 6.92. The Kier molecular flexibility index (Phi) is 6.11. The number of unbranched alkanes of at least 4 members (excludes halogenated alkanes) is 1. The molecule has 0 aromatic rings. The van der Waals surface area contributed by atoms with Crippen LogP contribution < -0.4 is 5.73 Å². The predicted octanol–water partition coefficient (Wildman–Crippen LogP) is 2.91. The van der Waals surface area contributed by atoms with Gasteiger partial charge in [0.15, 0.2) is 0 Å². The first-order chi connectivity index (χ1) is 8.86. The number of amidine groups is 1. The number of hydrogen-bond acceptors (Lipinski definition) is 3. The average molecular weight is 269 g/mol. The van der Waals surface area contributed by atoms with Crippen LogP contribution >= 0.6 is 0 Å². The fourth-order valence-electron chi connectivity index (χ4n) is 2.78. The van der Waals surface area contributed by atoms with E-state index in [0.29, 0.717) is 5.84 Å². The quantitative estimate of drug-likeness (QED) is 0.246. The molecule has 0 spiro atoms. The van der Waals surface area contributed by atoms with E-state index in [0.717, 1.165) is 24.7 Å². The molecule has 1 aliphatic heterocycles. The normalized spacial score (nSPS) is 22.4. The highest BCUT2D eigenvalue weighted by molar-refractivity contribution is 5.85. The van der Waals surface area contributed by atoms with Crippen molar-refractivity contribution in [1.82, 2.24) is 4.90 Å². The lowest BCUT2D eigenvalue weighted by atomic mass is 9.86. The van der Waals surface area contributed by atoms with E-state index in [1.165, 1.54) is 32.5 Å². The minimum atomic E-state index is -0.194. The molecule has 19 heavy (non-hydrogen) atoms. The molecule has 0 amide bonds. The van der Waals surface area contributed by atoms with Crippen molar-refractivity contribution in [3.05, 3.63) is 0 Å². The topological polar surface area (TPSA) is 61.8 Å². The molecule has 3 N–H and O–H groups in total. The third-order valence-electron chi connectivity index (χ3n) is 4.58. The van der Waals surface area contributed by atoms with E-state index in [1.807, 2.05) is 13.8 Å². The van der Waals surface area contributed by atoms with Crippen LogP contribution in [0, 0.1) is 17.3 Å². The van der Waals surface area contributed by atoms with Crippen LogP contribution in [0.1, 0.15) is 53.4 Å². The Hall–Kier alpha value is -0.770. The molecule has 1 rings (SSSR count). The first-order valence-electron chi connectivity index (χ1n) is 7.57. The van der Waals surface area contributed by atoms with Crippen LogP contribution in [0.4, 0.5) is 0 Å². The van der Waals surface area contributed by atoms with Crippen LogP contribution in [0.15, 0.2) is 5.16 Å². The smallest absolute Gasteiger partial charge is 0.144 e. The van der Waals surface area contributed by atoms with E-state index < -0.39 is 0 Å². The summed E-state index contributed by atoms with van der Waals surface area (Å²) in [4.78, 5) is 2.58. The van der Waals surface area contributed by atoms with E-state index in [1.54, 1.807) is 0 Å². The molecule has 0 saturated carbocycles. The van der Waals surface area contributed by atoms with Crippen molar-refractivity contribution in [3.8, 4) is 0 Å². The van der Waals surface area contributed by atoms with Crippen LogP contribution in [0.3, 0.4) is 0 Å². The third-order valence-corrected chi connectivity index (χ3v) is 4.58. The summed E-state index contributed by atoms with van der Waals surface area (Å²) in [5, 5.41) is 11.9. The number of rotatable bonds is 7. The second-order valence-electron chi connectivity index (χ2n) is 6.92. The molecule has 112 valence electrons. The molecule has 1 unspecified atom stereocenters. The van der Waals surface area contributed by atoms with Gasteiger partial charge in [0.05, 0.1) is 0 Å². The van der Waals surface area contributed by atoms with E-state index >= 15 is 0 Å². The summed E-state index contributed by atoms with van der Waals surface area (Å²) in [6, 6.07) is 0. The summed E-state index contributed by atoms with van der Waals surface area (Å²) in [6.45, 7) is 12.4. The maximum atomic E-state index is 8.74. The van der Waals surface area contributed by atoms with Gasteiger partial charge in [-0.2, -0.15) is 0 Å². The Labute approximate surface area is 118 Å². The highest BCUT2D eigenvalue weighted by atomic mass is 16.4. The van der Waals surface area contributed by atoms with Crippen molar-refractivity contribution in [2.75, 3.05) is 19.6 Å². The Morgan fingerprint density at radius 2 is 2.11 bits per heavy atom. The van der Waals surface area contributed by atoms with E-state index in [2.05, 4.69) is 23.9 Å². The van der Waals surface area contributed by atoms with Crippen LogP contribution in [0.25, 0.3) is 0 Å². The molecular formula is C15H31N3O. The maximum absolute atomic E-state index is 8.74. The van der Waals surface area contributed by atoms with Gasteiger partial charge < -0.3 is 15.8 Å². The average Bonchev–Trinajstić information content (AvgIpc) is 2.82. The molecule has 4 nitrogen and oxygen atoms in total. The van der Waals surface area contributed by atoms with Crippen LogP contribution in [0.2, 0.25) is 0 Å². The first kappa shape index (κ1) is 16.3. The van der Waals surface area contributed by atoms with Crippen molar-refractivity contribution < 1.29 is 5.21 Å². The summed E-state index contributed by atoms with van der Waals surface area (Å²) < 4.78 is 0. The minimum absolute atomic E-state index is 0.194. The van der Waals surface area contributed by atoms with Gasteiger partial charge in [-0.3, -0.25) is 0 Å². The highest BCUT2D eigenvalue weighted by Gasteiger charge is 2.25. The number of oxime groups is 1. The van der Waals surface area contributed by atoms with E-state index in [-0.39, 0.29) is 5.41 Å². The van der Waals surface area contributed by atoms with Crippen molar-refractivity contribution >= 4 is 5.84 Å². The molecular weight excluding hydrogens is 238 g/mol. The van der Waals surface area contributed by atoms with Crippen molar-refractivity contribution in [2.24, 2.45) is 28.1 Å². The summed E-state index contributed by atoms with van der Waals surface area (Å²) in [5.41, 5.74) is 5.50. The lowest BCUT2D eigenvalue weighted by Gasteiger charge is -2.23. The van der Waals surface area contributed by atoms with Crippen LogP contribution in [-0.2, 0) is 0 Å². The molecule has 1 saturated heterocycles. The first-order valence-corrected chi connectivity index (χ1v) is 7.57. The van der Waals surface area contributed by atoms with Gasteiger partial charge in [-0.1, -0.05) is 39.3 Å². The molecule has 0 aromatic carbocycles. The van der Waals surface area contributed by atoms with Gasteiger partial charge in [0.1, 0.15) is 5.84 Å². The molecule has 0 aromatic heterocycles. The van der Waals surface area contributed by atoms with Gasteiger partial charge in [0, 0.05) is 12.0 Å². The van der Waals surface area contributed by atoms with Crippen molar-refractivity contribution in [2.45, 2.75) is 53.4 Å². The van der Waals surface area contributed by atoms with Gasteiger partial charge >= 0.3 is 0 Å². The number of hydrogen-bond donors (Lipinski definition) is 2. The predicted molar refractivity (Wildman–Crippen MR) is 80.4 cm³/mol. The molecule has 1 heterocycles. The molecule has 0 radical (unpaired) electrons. The van der Waals surface area contributed by atoms with Gasteiger partial charge in [0.25, 0.3) is 0 Å². The lowest BCUT2D eigenvalue weighted by Crippen LogP contribution is -2.32. The van der Waals surface area contributed by atoms with Crippen LogP contribution in [0.5, 0.6) is 0 Å². The van der Waals surface area contributed by atoms with Gasteiger partial charge in [0.2, 0.25) is 0 Å². The van der Waals surface area contributed by atoms with Crippen molar-refractivity contribution in [1.29, 1.82) is 0 Å². The van der Waals surface area contributed by atoms with Gasteiger partial charge in [-0.15, -0.1) is 0 Å². The Morgan fingerprint density at radius 1 is 1.42 bits per heavy atom. The summed E-state index contributed by atoms with van der Waals surface area (Å²) >= 11 is 0. The van der Waals surface area contributed by atoms with E-state index in [9.17, 15) is 0 Å². The fourth-order valence-corrected chi connectivity index (χ4v) is 2.78. The zero-order valence-corrected chi connectivity index (χ0v) is 13.0. The number of nitrogens with zero attached hydrogens (tertiary/aromatic N) is 2. The third kappa shape index (κ3) is 5.01. The minimum Gasteiger partial charge on any atom is -0.409 e. The van der Waals surface area contributed by atoms with Gasteiger partial charge in [-0.25, -0.2) is 0 Å². The largest absolute Gasteiger partial charge is 0.409 e. The summed E-state index contributed by atoms with van der Waals surface area (Å²) in [6.07, 6.45) is 4.66. The zero-order valence-electron chi connectivity index (χ0n) is 13.0. The number of likely N-dealkylation sites (tertiary alicyclic amines) is 1. The van der Waals surface area contributed by atoms with Gasteiger partial charge in [-0.05, 0) is 44.2 Å². The molecule has 1 aliphatic rings. The lowest BCUT2D eigenvalue weighted by molar-refractivity contribution is 0.286. The number of nitrogens with two attached hydrogens (primary N) is 1. The molecule has 4 heteroatoms. The highest BCUT2D eigenvalue weighted by Crippen LogP contribution is 2.26.